The van der Waals surface area contributed by atoms with E-state index in [0.29, 0.717) is 49.1 Å². The van der Waals surface area contributed by atoms with Gasteiger partial charge in [-0.3, -0.25) is 19.5 Å². The first-order valence-electron chi connectivity index (χ1n) is 13.0. The van der Waals surface area contributed by atoms with Crippen LogP contribution in [0.3, 0.4) is 0 Å². The fraction of sp³-hybridized carbons (Fsp3) is 0.250. The number of nitrogens with zero attached hydrogens (tertiary/aromatic N) is 9. The number of tetrazole rings is 1. The molecular formula is C28H28N10O2. The van der Waals surface area contributed by atoms with Crippen molar-refractivity contribution in [3.63, 3.8) is 0 Å². The van der Waals surface area contributed by atoms with Gasteiger partial charge in [0.25, 0.3) is 5.91 Å². The van der Waals surface area contributed by atoms with Crippen LogP contribution in [0, 0.1) is 0 Å². The predicted octanol–water partition coefficient (Wildman–Crippen LogP) is 2.43. The largest absolute Gasteiger partial charge is 0.335 e. The Bertz CT molecular complexity index is 1670. The lowest BCUT2D eigenvalue weighted by atomic mass is 10.0. The Labute approximate surface area is 230 Å². The second-order valence-electron chi connectivity index (χ2n) is 9.70. The highest BCUT2D eigenvalue weighted by Crippen LogP contribution is 2.27. The number of benzene rings is 1. The van der Waals surface area contributed by atoms with E-state index in [1.54, 1.807) is 31.6 Å². The highest BCUT2D eigenvalue weighted by atomic mass is 16.2. The minimum Gasteiger partial charge on any atom is -0.335 e. The number of amides is 2. The molecule has 1 aliphatic heterocycles. The Morgan fingerprint density at radius 3 is 2.50 bits per heavy atom. The molecule has 0 aliphatic carbocycles. The van der Waals surface area contributed by atoms with Crippen molar-refractivity contribution in [1.82, 2.24) is 44.4 Å². The van der Waals surface area contributed by atoms with E-state index in [9.17, 15) is 9.59 Å². The average Bonchev–Trinajstić information content (AvgIpc) is 3.59. The van der Waals surface area contributed by atoms with Crippen LogP contribution in [0.5, 0.6) is 0 Å². The van der Waals surface area contributed by atoms with Crippen LogP contribution in [-0.2, 0) is 11.8 Å². The van der Waals surface area contributed by atoms with Gasteiger partial charge in [-0.1, -0.05) is 30.3 Å². The molecule has 0 saturated carbocycles. The van der Waals surface area contributed by atoms with Crippen molar-refractivity contribution in [2.24, 2.45) is 7.05 Å². The lowest BCUT2D eigenvalue weighted by Crippen LogP contribution is -2.50. The summed E-state index contributed by atoms with van der Waals surface area (Å²) in [6, 6.07) is 17.2. The number of nitrogens with one attached hydrogen (secondary N) is 1. The second kappa shape index (κ2) is 10.7. The molecule has 1 atom stereocenters. The summed E-state index contributed by atoms with van der Waals surface area (Å²) in [5.41, 5.74) is 4.37. The Kier molecular flexibility index (Phi) is 6.74. The number of carbonyl (C=O) groups excluding carboxylic acids is 2. The van der Waals surface area contributed by atoms with Crippen molar-refractivity contribution in [3.05, 3.63) is 90.3 Å². The number of fused-ring (bicyclic) bond motifs is 1. The van der Waals surface area contributed by atoms with Crippen molar-refractivity contribution in [2.45, 2.75) is 13.0 Å². The van der Waals surface area contributed by atoms with Crippen LogP contribution in [0.2, 0.25) is 0 Å². The standard InChI is InChI=1S/C28H28N10O2/c1-19(39)30-22-8-9-25-31-24(18-38(25)17-22)21-10-11-29-23(16-21)28(40)37-14-12-36(13-15-37)26(20-6-4-3-5-7-20)27-32-34-35(2)33-27/h3-11,16-18,26H,12-15H2,1-2H3,(H,30,39). The summed E-state index contributed by atoms with van der Waals surface area (Å²) in [5.74, 6) is 0.380. The van der Waals surface area contributed by atoms with Crippen LogP contribution in [0.15, 0.2) is 73.2 Å². The van der Waals surface area contributed by atoms with Gasteiger partial charge in [-0.2, -0.15) is 4.80 Å². The maximum Gasteiger partial charge on any atom is 0.272 e. The number of imidazole rings is 1. The van der Waals surface area contributed by atoms with E-state index in [4.69, 9.17) is 0 Å². The zero-order valence-corrected chi connectivity index (χ0v) is 22.2. The molecule has 12 heteroatoms. The minimum atomic E-state index is -0.144. The summed E-state index contributed by atoms with van der Waals surface area (Å²) in [5, 5.41) is 15.6. The van der Waals surface area contributed by atoms with Gasteiger partial charge in [0.15, 0.2) is 5.82 Å². The molecule has 6 rings (SSSR count). The van der Waals surface area contributed by atoms with Gasteiger partial charge in [0.1, 0.15) is 11.3 Å². The van der Waals surface area contributed by atoms with Gasteiger partial charge < -0.3 is 14.6 Å². The number of hydrogen-bond donors (Lipinski definition) is 1. The summed E-state index contributed by atoms with van der Waals surface area (Å²) in [6.07, 6.45) is 5.31. The SMILES string of the molecule is CC(=O)Nc1ccc2nc(-c3ccnc(C(=O)N4CCN(C(c5ccccc5)c5nnn(C)n5)CC4)c3)cn2c1. The summed E-state index contributed by atoms with van der Waals surface area (Å²) < 4.78 is 1.84. The van der Waals surface area contributed by atoms with Gasteiger partial charge in [-0.15, -0.1) is 10.2 Å². The van der Waals surface area contributed by atoms with E-state index in [1.807, 2.05) is 45.8 Å². The van der Waals surface area contributed by atoms with Crippen molar-refractivity contribution in [2.75, 3.05) is 31.5 Å². The maximum absolute atomic E-state index is 13.5. The van der Waals surface area contributed by atoms with Gasteiger partial charge in [0, 0.05) is 57.3 Å². The third-order valence-electron chi connectivity index (χ3n) is 6.90. The smallest absolute Gasteiger partial charge is 0.272 e. The number of rotatable bonds is 6. The number of aryl methyl sites for hydroxylation is 1. The first kappa shape index (κ1) is 25.3. The number of hydrogen-bond acceptors (Lipinski definition) is 8. The molecule has 1 N–H and O–H groups in total. The molecule has 0 bridgehead atoms. The quantitative estimate of drug-likeness (QED) is 0.351. The zero-order valence-electron chi connectivity index (χ0n) is 22.2. The van der Waals surface area contributed by atoms with Crippen LogP contribution >= 0.6 is 0 Å². The van der Waals surface area contributed by atoms with E-state index in [1.165, 1.54) is 11.7 Å². The van der Waals surface area contributed by atoms with E-state index in [-0.39, 0.29) is 17.9 Å². The maximum atomic E-state index is 13.5. The fourth-order valence-electron chi connectivity index (χ4n) is 5.03. The lowest BCUT2D eigenvalue weighted by Gasteiger charge is -2.38. The van der Waals surface area contributed by atoms with Crippen LogP contribution in [0.1, 0.15) is 34.8 Å². The fourth-order valence-corrected chi connectivity index (χ4v) is 5.03. The van der Waals surface area contributed by atoms with E-state index in [2.05, 4.69) is 47.7 Å². The molecule has 12 nitrogen and oxygen atoms in total. The minimum absolute atomic E-state index is 0.118. The number of pyridine rings is 2. The highest BCUT2D eigenvalue weighted by Gasteiger charge is 2.31. The molecule has 1 aliphatic rings. The molecule has 0 radical (unpaired) electrons. The Morgan fingerprint density at radius 1 is 0.975 bits per heavy atom. The summed E-state index contributed by atoms with van der Waals surface area (Å²) >= 11 is 0. The monoisotopic (exact) mass is 536 g/mol. The Balaban J connectivity index is 1.18. The van der Waals surface area contributed by atoms with Gasteiger partial charge >= 0.3 is 0 Å². The number of aromatic nitrogens is 7. The van der Waals surface area contributed by atoms with Crippen molar-refractivity contribution < 1.29 is 9.59 Å². The van der Waals surface area contributed by atoms with Crippen LogP contribution in [-0.4, -0.2) is 82.4 Å². The normalized spacial score (nSPS) is 14.8. The molecule has 2 amide bonds. The molecule has 1 unspecified atom stereocenters. The highest BCUT2D eigenvalue weighted by molar-refractivity contribution is 5.93. The summed E-state index contributed by atoms with van der Waals surface area (Å²) in [7, 11) is 1.76. The molecular weight excluding hydrogens is 508 g/mol. The van der Waals surface area contributed by atoms with Gasteiger partial charge in [0.2, 0.25) is 5.91 Å². The number of anilines is 1. The zero-order chi connectivity index (χ0) is 27.6. The third kappa shape index (κ3) is 5.16. The molecule has 1 fully saturated rings. The van der Waals surface area contributed by atoms with Gasteiger partial charge in [-0.05, 0) is 35.0 Å². The van der Waals surface area contributed by atoms with Crippen LogP contribution in [0.4, 0.5) is 5.69 Å². The van der Waals surface area contributed by atoms with E-state index < -0.39 is 0 Å². The van der Waals surface area contributed by atoms with Gasteiger partial charge in [0.05, 0.1) is 24.5 Å². The van der Waals surface area contributed by atoms with Crippen molar-refractivity contribution in [1.29, 1.82) is 0 Å². The number of piperazine rings is 1. The first-order valence-corrected chi connectivity index (χ1v) is 13.0. The molecule has 202 valence electrons. The molecule has 5 heterocycles. The Hall–Kier alpha value is -4.97. The summed E-state index contributed by atoms with van der Waals surface area (Å²) in [6.45, 7) is 3.89. The van der Waals surface area contributed by atoms with Crippen LogP contribution in [0.25, 0.3) is 16.9 Å². The van der Waals surface area contributed by atoms with E-state index in [0.717, 1.165) is 16.8 Å². The topological polar surface area (TPSA) is 126 Å². The second-order valence-corrected chi connectivity index (χ2v) is 9.70. The predicted molar refractivity (Wildman–Crippen MR) is 147 cm³/mol. The molecule has 40 heavy (non-hydrogen) atoms. The molecule has 1 aromatic carbocycles. The molecule has 0 spiro atoms. The summed E-state index contributed by atoms with van der Waals surface area (Å²) in [4.78, 5) is 39.5. The van der Waals surface area contributed by atoms with Gasteiger partial charge in [-0.25, -0.2) is 4.98 Å². The third-order valence-corrected chi connectivity index (χ3v) is 6.90. The lowest BCUT2D eigenvalue weighted by molar-refractivity contribution is -0.114. The molecule has 5 aromatic rings. The Morgan fingerprint density at radius 2 is 1.77 bits per heavy atom. The number of carbonyl (C=O) groups is 2. The molecule has 1 saturated heterocycles. The van der Waals surface area contributed by atoms with E-state index >= 15 is 0 Å². The molecule has 4 aromatic heterocycles. The van der Waals surface area contributed by atoms with Crippen molar-refractivity contribution >= 4 is 23.1 Å². The van der Waals surface area contributed by atoms with Crippen molar-refractivity contribution in [3.8, 4) is 11.3 Å². The average molecular weight is 537 g/mol. The first-order chi connectivity index (χ1) is 19.4. The van der Waals surface area contributed by atoms with Crippen LogP contribution < -0.4 is 5.32 Å².